The highest BCUT2D eigenvalue weighted by Gasteiger charge is 2.40. The summed E-state index contributed by atoms with van der Waals surface area (Å²) in [6.07, 6.45) is 1.94. The summed E-state index contributed by atoms with van der Waals surface area (Å²) in [7, 11) is 0. The average molecular weight is 1510 g/mol. The highest BCUT2D eigenvalue weighted by molar-refractivity contribution is 5.76. The average Bonchev–Trinajstić information content (AvgIpc) is 1.70. The summed E-state index contributed by atoms with van der Waals surface area (Å²) in [5.74, 6) is 3.67. The molecule has 109 heavy (non-hydrogen) atoms. The topological polar surface area (TPSA) is 178 Å². The quantitative estimate of drug-likeness (QED) is 0.140. The first-order chi connectivity index (χ1) is 47.5. The van der Waals surface area contributed by atoms with E-state index < -0.39 is 0 Å². The number of benzene rings is 1. The van der Waals surface area contributed by atoms with Crippen molar-refractivity contribution in [2.75, 3.05) is 0 Å². The molecule has 0 N–H and O–H groups in total. The first-order valence-electron chi connectivity index (χ1n) is 40.4. The molecule has 0 atom stereocenters. The second kappa shape index (κ2) is 32.6. The molecule has 0 aliphatic carbocycles. The second-order valence-electron chi connectivity index (χ2n) is 49.3. The normalized spacial score (nSPS) is 14.0. The van der Waals surface area contributed by atoms with Gasteiger partial charge in [-0.1, -0.05) is 349 Å². The molecule has 0 spiro atoms. The lowest BCUT2D eigenvalue weighted by atomic mass is 9.74. The van der Waals surface area contributed by atoms with Crippen LogP contribution in [0.5, 0.6) is 0 Å². The summed E-state index contributed by atoms with van der Waals surface area (Å²) in [6.45, 7) is 118. The molecular weight excluding hydrogens is 1340 g/mol. The largest absolute Gasteiger partial charge is 0.360 e. The van der Waals surface area contributed by atoms with Crippen LogP contribution in [0.1, 0.15) is 465 Å². The maximum atomic E-state index is 5.66. The molecule has 6 aromatic heterocycles. The van der Waals surface area contributed by atoms with Crippen LogP contribution in [-0.2, 0) is 97.7 Å². The van der Waals surface area contributed by atoms with Crippen molar-refractivity contribution in [1.29, 1.82) is 0 Å². The summed E-state index contributed by atoms with van der Waals surface area (Å²) in [4.78, 5) is 35.5. The Morgan fingerprint density at radius 1 is 0.275 bits per heavy atom. The molecule has 15 heteroatoms. The molecule has 618 valence electrons. The zero-order chi connectivity index (χ0) is 86.6. The lowest BCUT2D eigenvalue weighted by Gasteiger charge is -2.30. The predicted molar refractivity (Wildman–Crippen MR) is 467 cm³/mol. The molecule has 15 nitrogen and oxygen atoms in total. The van der Waals surface area contributed by atoms with Gasteiger partial charge in [-0.15, -0.1) is 5.10 Å². The predicted octanol–water partition coefficient (Wildman–Crippen LogP) is 25.5. The molecule has 0 aliphatic heterocycles. The minimum atomic E-state index is -0.0660. The third kappa shape index (κ3) is 28.3. The number of rotatable bonds is 0. The molecule has 0 saturated carbocycles. The van der Waals surface area contributed by atoms with Crippen LogP contribution < -0.4 is 0 Å². The molecule has 0 bridgehead atoms. The monoisotopic (exact) mass is 1510 g/mol. The highest BCUT2D eigenvalue weighted by Crippen LogP contribution is 2.42. The summed E-state index contributed by atoms with van der Waals surface area (Å²) in [5, 5.41) is 22.6. The Balaban J connectivity index is 0.000000445. The van der Waals surface area contributed by atoms with E-state index in [-0.39, 0.29) is 97.7 Å². The molecule has 0 radical (unpaired) electrons. The van der Waals surface area contributed by atoms with Gasteiger partial charge in [0.05, 0.1) is 79.1 Å². The van der Waals surface area contributed by atoms with Crippen LogP contribution in [-0.4, -0.2) is 70.0 Å². The number of fused-ring (bicyclic) bond motifs is 1. The fraction of sp³-hybridized carbons (Fsp3) is 0.766. The lowest BCUT2D eigenvalue weighted by Crippen LogP contribution is -2.32. The van der Waals surface area contributed by atoms with Crippen molar-refractivity contribution in [3.05, 3.63) is 116 Å². The van der Waals surface area contributed by atoms with E-state index in [2.05, 4.69) is 427 Å². The first kappa shape index (κ1) is 99.2. The Morgan fingerprint density at radius 3 is 0.890 bits per heavy atom. The van der Waals surface area contributed by atoms with Crippen LogP contribution in [0.25, 0.3) is 11.0 Å². The zero-order valence-electron chi connectivity index (χ0n) is 81.0. The van der Waals surface area contributed by atoms with E-state index in [1.165, 1.54) is 16.8 Å². The third-order valence-corrected chi connectivity index (χ3v) is 17.8. The van der Waals surface area contributed by atoms with Gasteiger partial charge in [0.1, 0.15) is 23.2 Å². The van der Waals surface area contributed by atoms with Gasteiger partial charge in [-0.2, -0.15) is 15.0 Å². The Kier molecular flexibility index (Phi) is 29.6. The van der Waals surface area contributed by atoms with Crippen LogP contribution in [0.4, 0.5) is 0 Å². The molecule has 0 aliphatic rings. The van der Waals surface area contributed by atoms with Gasteiger partial charge in [0.2, 0.25) is 0 Å². The van der Waals surface area contributed by atoms with Gasteiger partial charge in [0.25, 0.3) is 0 Å². The minimum absolute atomic E-state index is 0.000880. The van der Waals surface area contributed by atoms with E-state index in [0.29, 0.717) is 0 Å². The van der Waals surface area contributed by atoms with E-state index in [4.69, 9.17) is 34.7 Å². The Labute approximate surface area is 669 Å². The summed E-state index contributed by atoms with van der Waals surface area (Å²) in [6, 6.07) is 6.49. The molecule has 7 aromatic rings. The van der Waals surface area contributed by atoms with Gasteiger partial charge in [0, 0.05) is 87.6 Å². The second-order valence-corrected chi connectivity index (χ2v) is 49.3. The van der Waals surface area contributed by atoms with Gasteiger partial charge in [-0.25, -0.2) is 29.6 Å². The maximum absolute atomic E-state index is 5.66. The van der Waals surface area contributed by atoms with E-state index in [0.717, 1.165) is 85.5 Å². The van der Waals surface area contributed by atoms with Gasteiger partial charge in [-0.05, 0) is 70.1 Å². The van der Waals surface area contributed by atoms with Crippen molar-refractivity contribution in [2.45, 2.75) is 472 Å². The number of hydrogen-bond acceptors (Lipinski definition) is 13. The molecular formula is C94H166N14O. The molecule has 0 unspecified atom stereocenters. The first-order valence-corrected chi connectivity index (χ1v) is 40.4. The van der Waals surface area contributed by atoms with Crippen LogP contribution in [0.2, 0.25) is 0 Å². The van der Waals surface area contributed by atoms with Gasteiger partial charge in [-0.3, -0.25) is 9.97 Å². The molecule has 0 saturated heterocycles. The van der Waals surface area contributed by atoms with Crippen LogP contribution in [0.15, 0.2) is 28.9 Å². The number of nitrogens with zero attached hydrogens (tertiary/aromatic N) is 14. The molecule has 0 amide bonds. The third-order valence-electron chi connectivity index (χ3n) is 17.8. The number of hydrogen-bond donors (Lipinski definition) is 0. The lowest BCUT2D eigenvalue weighted by molar-refractivity contribution is 0.305. The van der Waals surface area contributed by atoms with Crippen molar-refractivity contribution < 1.29 is 4.52 Å². The van der Waals surface area contributed by atoms with Crippen molar-refractivity contribution in [3.8, 4) is 0 Å². The van der Waals surface area contributed by atoms with Crippen molar-refractivity contribution >= 4 is 11.0 Å². The summed E-state index contributed by atoms with van der Waals surface area (Å²) >= 11 is 0. The summed E-state index contributed by atoms with van der Waals surface area (Å²) < 4.78 is 7.74. The number of aromatic nitrogens is 14. The standard InChI is InChI=1S/C20H30N2.C16H28N2.C15H27N3.C15H27NO.2C14H27N3/c1-18(2,3)13-10-11-14-15(12-13)22-17(20(7,8)9)16(21-14)19(4,5)6;1-14(2,3)11-10-17-12(15(4,5)6)13(18-11)16(7,8)9;1-13(2,3)10-16-11(14(4,5)6)18-12(17-10)15(7,8)9;1-13(2,3)10-11(14(4,5)6)16-17-12(10)15(7,8)9;1-12(2,3)10-11(13(4,5)6)17(16-15-10)14(7,8)9;1-12(2,3)10-11(13(4,5)6)16-17(15-10)14(7,8)9/h10-12H,1-9H3;10H,1-9H3;1-9H3;3*1-9H3. The Morgan fingerprint density at radius 2 is 0.615 bits per heavy atom. The van der Waals surface area contributed by atoms with Gasteiger partial charge < -0.3 is 4.52 Å². The summed E-state index contributed by atoms with van der Waals surface area (Å²) in [5.41, 5.74) is 16.0. The van der Waals surface area contributed by atoms with Crippen LogP contribution in [0.3, 0.4) is 0 Å². The van der Waals surface area contributed by atoms with E-state index in [1.807, 2.05) is 11.0 Å². The smallest absolute Gasteiger partial charge is 0.146 e. The minimum Gasteiger partial charge on any atom is -0.360 e. The fourth-order valence-electron chi connectivity index (χ4n) is 11.3. The highest BCUT2D eigenvalue weighted by atomic mass is 16.5. The van der Waals surface area contributed by atoms with E-state index >= 15 is 0 Å². The Hall–Kier alpha value is -5.86. The maximum Gasteiger partial charge on any atom is 0.146 e. The molecule has 6 heterocycles. The molecule has 1 aromatic carbocycles. The van der Waals surface area contributed by atoms with E-state index in [9.17, 15) is 0 Å². The zero-order valence-corrected chi connectivity index (χ0v) is 81.0. The Bertz CT molecular complexity index is 3820. The van der Waals surface area contributed by atoms with Crippen molar-refractivity contribution in [2.24, 2.45) is 0 Å². The molecule has 0 fully saturated rings. The SMILES string of the molecule is CC(C)(C)c1ccc2nc(C(C)(C)C)c(C(C)(C)C)nc2c1.CC(C)(C)c1cnc(C(C)(C)C)c(C(C)(C)C)n1.CC(C)(C)c1nc(C(C)(C)C)nc(C(C)(C)C)n1.CC(C)(C)c1nn(C(C)(C)C)nc1C(C)(C)C.CC(C)(C)c1nnn(C(C)(C)C)c1C(C)(C)C.CC(C)(C)c1noc(C(C)(C)C)c1C(C)(C)C. The van der Waals surface area contributed by atoms with E-state index in [1.54, 1.807) is 0 Å². The fourth-order valence-corrected chi connectivity index (χ4v) is 11.3. The van der Waals surface area contributed by atoms with Crippen LogP contribution in [0, 0.1) is 0 Å². The van der Waals surface area contributed by atoms with Crippen molar-refractivity contribution in [1.82, 2.24) is 70.0 Å². The van der Waals surface area contributed by atoms with Gasteiger partial charge >= 0.3 is 0 Å². The molecule has 7 rings (SSSR count). The van der Waals surface area contributed by atoms with Crippen molar-refractivity contribution in [3.63, 3.8) is 0 Å². The van der Waals surface area contributed by atoms with Crippen LogP contribution >= 0.6 is 0 Å². The van der Waals surface area contributed by atoms with Gasteiger partial charge in [0.15, 0.2) is 0 Å².